The molecule has 134 valence electrons. The van der Waals surface area contributed by atoms with Gasteiger partial charge >= 0.3 is 0 Å². The summed E-state index contributed by atoms with van der Waals surface area (Å²) in [7, 11) is -3.81. The maximum Gasteiger partial charge on any atom is 0.253 e. The summed E-state index contributed by atoms with van der Waals surface area (Å²) in [5, 5.41) is 12.2. The van der Waals surface area contributed by atoms with Gasteiger partial charge in [0.05, 0.1) is 4.90 Å². The third-order valence-electron chi connectivity index (χ3n) is 2.47. The Kier molecular flexibility index (Phi) is 7.44. The minimum absolute atomic E-state index is 0.0613. The van der Waals surface area contributed by atoms with E-state index in [1.807, 2.05) is 0 Å². The third kappa shape index (κ3) is 6.91. The van der Waals surface area contributed by atoms with Crippen molar-refractivity contribution in [3.05, 3.63) is 24.3 Å². The van der Waals surface area contributed by atoms with Crippen LogP contribution in [0, 0.1) is 0 Å². The van der Waals surface area contributed by atoms with Crippen molar-refractivity contribution < 1.29 is 17.6 Å². The maximum absolute atomic E-state index is 12.3. The lowest BCUT2D eigenvalue weighted by Crippen LogP contribution is -2.56. The van der Waals surface area contributed by atoms with E-state index < -0.39 is 32.6 Å². The number of benzene rings is 1. The van der Waals surface area contributed by atoms with Gasteiger partial charge in [-0.05, 0) is 36.5 Å². The van der Waals surface area contributed by atoms with Gasteiger partial charge in [0.25, 0.3) is 5.91 Å². The van der Waals surface area contributed by atoms with Crippen LogP contribution >= 0.6 is 47.0 Å². The number of anilines is 1. The molecule has 0 saturated heterocycles. The van der Waals surface area contributed by atoms with Gasteiger partial charge < -0.3 is 16.0 Å². The van der Waals surface area contributed by atoms with Crippen LogP contribution in [0.1, 0.15) is 0 Å². The minimum Gasteiger partial charge on any atom is -0.339 e. The zero-order valence-corrected chi connectivity index (χ0v) is 15.6. The number of hydrogen-bond acceptors (Lipinski definition) is 4. The van der Waals surface area contributed by atoms with Crippen molar-refractivity contribution in [2.45, 2.75) is 14.9 Å². The molecule has 0 aromatic heterocycles. The van der Waals surface area contributed by atoms with E-state index in [1.54, 1.807) is 0 Å². The number of halogens is 4. The summed E-state index contributed by atoms with van der Waals surface area (Å²) in [4.78, 5) is 11.0. The topological polar surface area (TPSA) is 113 Å². The number of nitrogens with one attached hydrogen (secondary N) is 3. The molecule has 0 aliphatic heterocycles. The monoisotopic (exact) mass is 436 g/mol. The fraction of sp³-hybridized carbons (Fsp3) is 0.273. The standard InChI is InChI=1S/C11H12Cl3FN4O3S2/c12-11(13,14)9(18-8(20)5-15)19-10(23)17-6-1-3-7(4-2-6)24(16,21)22/h1-4,9H,5H2,(H,18,20)(H2,16,21,22)(H2,17,19,23)/t9-/m1/s1. The van der Waals surface area contributed by atoms with E-state index in [0.29, 0.717) is 5.69 Å². The highest BCUT2D eigenvalue weighted by molar-refractivity contribution is 7.89. The maximum atomic E-state index is 12.3. The highest BCUT2D eigenvalue weighted by atomic mass is 35.6. The summed E-state index contributed by atoms with van der Waals surface area (Å²) in [5.41, 5.74) is 0.403. The van der Waals surface area contributed by atoms with Crippen LogP contribution in [0.2, 0.25) is 0 Å². The van der Waals surface area contributed by atoms with E-state index in [4.69, 9.17) is 52.2 Å². The number of thiocarbonyl (C=S) groups is 1. The lowest BCUT2D eigenvalue weighted by Gasteiger charge is -2.27. The zero-order chi connectivity index (χ0) is 18.5. The summed E-state index contributed by atoms with van der Waals surface area (Å²) >= 11 is 22.0. The van der Waals surface area contributed by atoms with Gasteiger partial charge in [0.1, 0.15) is 6.17 Å². The number of alkyl halides is 4. The van der Waals surface area contributed by atoms with Crippen LogP contribution in [0.4, 0.5) is 10.1 Å². The highest BCUT2D eigenvalue weighted by Crippen LogP contribution is 2.29. The summed E-state index contributed by atoms with van der Waals surface area (Å²) in [6.45, 7) is -1.30. The molecular weight excluding hydrogens is 426 g/mol. The predicted octanol–water partition coefficient (Wildman–Crippen LogP) is 1.40. The molecular formula is C11H12Cl3FN4O3S2. The highest BCUT2D eigenvalue weighted by Gasteiger charge is 2.34. The zero-order valence-electron chi connectivity index (χ0n) is 11.7. The number of carbonyl (C=O) groups is 1. The van der Waals surface area contributed by atoms with Crippen molar-refractivity contribution in [3.63, 3.8) is 0 Å². The van der Waals surface area contributed by atoms with Crippen molar-refractivity contribution in [1.82, 2.24) is 10.6 Å². The Balaban J connectivity index is 2.77. The molecule has 5 N–H and O–H groups in total. The Hall–Kier alpha value is -0.910. The Bertz CT molecular complexity index is 710. The van der Waals surface area contributed by atoms with Gasteiger partial charge in [-0.15, -0.1) is 0 Å². The fourth-order valence-corrected chi connectivity index (χ4v) is 2.50. The van der Waals surface area contributed by atoms with Crippen LogP contribution in [-0.4, -0.2) is 36.1 Å². The molecule has 13 heteroatoms. The lowest BCUT2D eigenvalue weighted by atomic mass is 10.3. The second-order valence-electron chi connectivity index (χ2n) is 4.34. The van der Waals surface area contributed by atoms with Crippen LogP contribution in [0.15, 0.2) is 29.2 Å². The third-order valence-corrected chi connectivity index (χ3v) is 4.27. The molecule has 1 aromatic rings. The van der Waals surface area contributed by atoms with E-state index in [2.05, 4.69) is 16.0 Å². The van der Waals surface area contributed by atoms with Gasteiger partial charge in [-0.1, -0.05) is 34.8 Å². The molecule has 0 radical (unpaired) electrons. The van der Waals surface area contributed by atoms with Crippen LogP contribution in [0.5, 0.6) is 0 Å². The average molecular weight is 438 g/mol. The van der Waals surface area contributed by atoms with Crippen molar-refractivity contribution >= 4 is 73.8 Å². The van der Waals surface area contributed by atoms with E-state index in [9.17, 15) is 17.6 Å². The van der Waals surface area contributed by atoms with Crippen molar-refractivity contribution in [3.8, 4) is 0 Å². The number of sulfonamides is 1. The van der Waals surface area contributed by atoms with Crippen LogP contribution in [0.25, 0.3) is 0 Å². The fourth-order valence-electron chi connectivity index (χ4n) is 1.43. The van der Waals surface area contributed by atoms with Gasteiger partial charge in [-0.3, -0.25) is 4.79 Å². The predicted molar refractivity (Wildman–Crippen MR) is 95.4 cm³/mol. The summed E-state index contributed by atoms with van der Waals surface area (Å²) in [6, 6.07) is 5.32. The van der Waals surface area contributed by atoms with Crippen LogP contribution < -0.4 is 21.1 Å². The Morgan fingerprint density at radius 3 is 2.21 bits per heavy atom. The first kappa shape index (κ1) is 21.1. The number of nitrogens with two attached hydrogens (primary N) is 1. The summed E-state index contributed by atoms with van der Waals surface area (Å²) < 4.78 is 32.6. The van der Waals surface area contributed by atoms with Crippen molar-refractivity contribution in [1.29, 1.82) is 0 Å². The van der Waals surface area contributed by atoms with Gasteiger partial charge in [-0.2, -0.15) is 0 Å². The van der Waals surface area contributed by atoms with E-state index >= 15 is 0 Å². The molecule has 1 atom stereocenters. The Labute approximate surface area is 158 Å². The first-order valence-electron chi connectivity index (χ1n) is 6.06. The second kappa shape index (κ2) is 8.45. The van der Waals surface area contributed by atoms with Gasteiger partial charge in [0.15, 0.2) is 11.8 Å². The molecule has 0 spiro atoms. The molecule has 1 rings (SSSR count). The number of carbonyl (C=O) groups excluding carboxylic acids is 1. The molecule has 0 aliphatic carbocycles. The lowest BCUT2D eigenvalue weighted by molar-refractivity contribution is -0.122. The minimum atomic E-state index is -3.81. The Morgan fingerprint density at radius 1 is 1.25 bits per heavy atom. The molecule has 0 bridgehead atoms. The molecule has 24 heavy (non-hydrogen) atoms. The number of hydrogen-bond donors (Lipinski definition) is 4. The van der Waals surface area contributed by atoms with Gasteiger partial charge in [-0.25, -0.2) is 17.9 Å². The molecule has 0 saturated carbocycles. The molecule has 1 aromatic carbocycles. The number of amides is 1. The summed E-state index contributed by atoms with van der Waals surface area (Å²) in [6.07, 6.45) is -1.30. The van der Waals surface area contributed by atoms with Crippen LogP contribution in [-0.2, 0) is 14.8 Å². The average Bonchev–Trinajstić information content (AvgIpc) is 2.45. The molecule has 0 heterocycles. The van der Waals surface area contributed by atoms with E-state index in [-0.39, 0.29) is 10.0 Å². The van der Waals surface area contributed by atoms with Crippen molar-refractivity contribution in [2.75, 3.05) is 12.0 Å². The molecule has 0 fully saturated rings. The van der Waals surface area contributed by atoms with Crippen molar-refractivity contribution in [2.24, 2.45) is 5.14 Å². The van der Waals surface area contributed by atoms with E-state index in [0.717, 1.165) is 0 Å². The molecule has 0 unspecified atom stereocenters. The molecule has 7 nitrogen and oxygen atoms in total. The number of rotatable bonds is 5. The first-order valence-corrected chi connectivity index (χ1v) is 9.15. The normalized spacial score (nSPS) is 13.0. The number of primary sulfonamides is 1. The van der Waals surface area contributed by atoms with E-state index in [1.165, 1.54) is 24.3 Å². The molecule has 0 aliphatic rings. The largest absolute Gasteiger partial charge is 0.339 e. The quantitative estimate of drug-likeness (QED) is 0.315. The Morgan fingerprint density at radius 2 is 1.79 bits per heavy atom. The van der Waals surface area contributed by atoms with Gasteiger partial charge in [0, 0.05) is 5.69 Å². The summed E-state index contributed by atoms with van der Waals surface area (Å²) in [5.74, 6) is -1.00. The first-order chi connectivity index (χ1) is 10.9. The van der Waals surface area contributed by atoms with Crippen LogP contribution in [0.3, 0.4) is 0 Å². The molecule has 1 amide bonds. The smallest absolute Gasteiger partial charge is 0.253 e. The second-order valence-corrected chi connectivity index (χ2v) is 8.68. The SMILES string of the molecule is NS(=O)(=O)c1ccc(NC(=S)N[C@@H](NC(=O)CF)C(Cl)(Cl)Cl)cc1. The van der Waals surface area contributed by atoms with Gasteiger partial charge in [0.2, 0.25) is 13.8 Å².